The highest BCUT2D eigenvalue weighted by molar-refractivity contribution is 6.04. The molecule has 2 aromatic rings. The highest BCUT2D eigenvalue weighted by atomic mass is 16.6. The predicted molar refractivity (Wildman–Crippen MR) is 74.1 cm³/mol. The van der Waals surface area contributed by atoms with Gasteiger partial charge in [0.15, 0.2) is 0 Å². The van der Waals surface area contributed by atoms with Crippen LogP contribution in [-0.2, 0) is 0 Å². The lowest BCUT2D eigenvalue weighted by Crippen LogP contribution is -2.12. The van der Waals surface area contributed by atoms with Gasteiger partial charge in [0.25, 0.3) is 17.3 Å². The van der Waals surface area contributed by atoms with Crippen molar-refractivity contribution >= 4 is 23.0 Å². The molecule has 0 aliphatic rings. The minimum Gasteiger partial charge on any atom is -0.321 e. The van der Waals surface area contributed by atoms with Crippen molar-refractivity contribution in [3.05, 3.63) is 74.3 Å². The number of rotatable bonds is 4. The van der Waals surface area contributed by atoms with Crippen molar-refractivity contribution in [1.82, 2.24) is 0 Å². The number of nitrogens with one attached hydrogen (secondary N) is 1. The maximum Gasteiger partial charge on any atom is 0.278 e. The average molecular weight is 287 g/mol. The second-order valence-electron chi connectivity index (χ2n) is 4.07. The van der Waals surface area contributed by atoms with E-state index < -0.39 is 27.1 Å². The first kappa shape index (κ1) is 14.1. The van der Waals surface area contributed by atoms with Crippen LogP contribution in [-0.4, -0.2) is 15.8 Å². The summed E-state index contributed by atoms with van der Waals surface area (Å²) in [6, 6.07) is 11.1. The van der Waals surface area contributed by atoms with Crippen LogP contribution in [0.5, 0.6) is 0 Å². The molecule has 0 aromatic heterocycles. The third-order valence-corrected chi connectivity index (χ3v) is 2.62. The Kier molecular flexibility index (Phi) is 3.89. The van der Waals surface area contributed by atoms with E-state index in [-0.39, 0.29) is 5.69 Å². The summed E-state index contributed by atoms with van der Waals surface area (Å²) in [6.07, 6.45) is 0. The third-order valence-electron chi connectivity index (χ3n) is 2.62. The Morgan fingerprint density at radius 3 is 1.90 bits per heavy atom. The number of hydrogen-bond donors (Lipinski definition) is 1. The summed E-state index contributed by atoms with van der Waals surface area (Å²) < 4.78 is 0. The largest absolute Gasteiger partial charge is 0.321 e. The van der Waals surface area contributed by atoms with Gasteiger partial charge in [0, 0.05) is 17.7 Å². The van der Waals surface area contributed by atoms with E-state index in [0.29, 0.717) is 5.56 Å². The lowest BCUT2D eigenvalue weighted by atomic mass is 10.2. The molecule has 2 aromatic carbocycles. The predicted octanol–water partition coefficient (Wildman–Crippen LogP) is 2.76. The molecule has 8 heteroatoms. The maximum atomic E-state index is 11.9. The zero-order valence-electron chi connectivity index (χ0n) is 10.6. The van der Waals surface area contributed by atoms with Gasteiger partial charge in [0.05, 0.1) is 21.6 Å². The minimum absolute atomic E-state index is 0.00949. The number of nitrogens with zero attached hydrogens (tertiary/aromatic N) is 2. The minimum atomic E-state index is -0.759. The Morgan fingerprint density at radius 2 is 1.43 bits per heavy atom. The molecule has 2 rings (SSSR count). The summed E-state index contributed by atoms with van der Waals surface area (Å²) in [7, 11) is 0. The van der Waals surface area contributed by atoms with Crippen LogP contribution in [0.3, 0.4) is 0 Å². The molecule has 0 heterocycles. The lowest BCUT2D eigenvalue weighted by molar-refractivity contribution is -0.394. The van der Waals surface area contributed by atoms with Crippen LogP contribution in [0.2, 0.25) is 0 Å². The Morgan fingerprint density at radius 1 is 0.905 bits per heavy atom. The normalized spacial score (nSPS) is 9.90. The van der Waals surface area contributed by atoms with E-state index in [9.17, 15) is 25.0 Å². The Balaban J connectivity index is 2.33. The Hall–Kier alpha value is -3.29. The standard InChI is InChI=1S/C13H9N3O5/c17-13(9-4-2-1-3-5-9)14-10-6-11(15(18)19)8-12(7-10)16(20)21/h1-8H,(H,14,17). The molecule has 0 fully saturated rings. The van der Waals surface area contributed by atoms with Gasteiger partial charge in [-0.1, -0.05) is 18.2 Å². The van der Waals surface area contributed by atoms with Gasteiger partial charge in [-0.05, 0) is 12.1 Å². The third kappa shape index (κ3) is 3.38. The molecule has 0 unspecified atom stereocenters. The van der Waals surface area contributed by atoms with Gasteiger partial charge in [-0.3, -0.25) is 25.0 Å². The first-order valence-electron chi connectivity index (χ1n) is 5.77. The van der Waals surface area contributed by atoms with Gasteiger partial charge in [-0.25, -0.2) is 0 Å². The fourth-order valence-electron chi connectivity index (χ4n) is 1.67. The van der Waals surface area contributed by atoms with E-state index in [2.05, 4.69) is 5.32 Å². The van der Waals surface area contributed by atoms with Crippen LogP contribution >= 0.6 is 0 Å². The van der Waals surface area contributed by atoms with E-state index >= 15 is 0 Å². The smallest absolute Gasteiger partial charge is 0.278 e. The topological polar surface area (TPSA) is 115 Å². The molecule has 0 atom stereocenters. The molecule has 8 nitrogen and oxygen atoms in total. The molecular formula is C13H9N3O5. The van der Waals surface area contributed by atoms with Crippen LogP contribution in [0.4, 0.5) is 17.1 Å². The second kappa shape index (κ2) is 5.78. The highest BCUT2D eigenvalue weighted by Gasteiger charge is 2.17. The van der Waals surface area contributed by atoms with Crippen molar-refractivity contribution in [3.63, 3.8) is 0 Å². The fourth-order valence-corrected chi connectivity index (χ4v) is 1.67. The number of benzene rings is 2. The first-order chi connectivity index (χ1) is 9.97. The number of nitro groups is 2. The zero-order chi connectivity index (χ0) is 15.4. The molecule has 0 bridgehead atoms. The summed E-state index contributed by atoms with van der Waals surface area (Å²) in [6.45, 7) is 0. The van der Waals surface area contributed by atoms with Crippen LogP contribution in [0.25, 0.3) is 0 Å². The van der Waals surface area contributed by atoms with Crippen LogP contribution in [0.1, 0.15) is 10.4 Å². The first-order valence-corrected chi connectivity index (χ1v) is 5.77. The maximum absolute atomic E-state index is 11.9. The van der Waals surface area contributed by atoms with E-state index in [1.54, 1.807) is 30.3 Å². The highest BCUT2D eigenvalue weighted by Crippen LogP contribution is 2.26. The van der Waals surface area contributed by atoms with Crippen LogP contribution < -0.4 is 5.32 Å². The summed E-state index contributed by atoms with van der Waals surface area (Å²) in [5.74, 6) is -0.509. The Labute approximate surface area is 118 Å². The van der Waals surface area contributed by atoms with Crippen LogP contribution in [0, 0.1) is 20.2 Å². The van der Waals surface area contributed by atoms with Gasteiger partial charge in [-0.2, -0.15) is 0 Å². The summed E-state index contributed by atoms with van der Waals surface area (Å²) >= 11 is 0. The monoisotopic (exact) mass is 287 g/mol. The van der Waals surface area contributed by atoms with Crippen LogP contribution in [0.15, 0.2) is 48.5 Å². The molecule has 0 aliphatic carbocycles. The van der Waals surface area contributed by atoms with Crippen molar-refractivity contribution in [2.24, 2.45) is 0 Å². The quantitative estimate of drug-likeness (QED) is 0.685. The van der Waals surface area contributed by atoms with Crippen molar-refractivity contribution in [2.75, 3.05) is 5.32 Å². The summed E-state index contributed by atoms with van der Waals surface area (Å²) in [5, 5.41) is 23.9. The number of amides is 1. The second-order valence-corrected chi connectivity index (χ2v) is 4.07. The molecular weight excluding hydrogens is 278 g/mol. The van der Waals surface area contributed by atoms with E-state index in [4.69, 9.17) is 0 Å². The average Bonchev–Trinajstić information content (AvgIpc) is 2.47. The zero-order valence-corrected chi connectivity index (χ0v) is 10.6. The van der Waals surface area contributed by atoms with Gasteiger partial charge in [-0.15, -0.1) is 0 Å². The van der Waals surface area contributed by atoms with Crippen molar-refractivity contribution in [1.29, 1.82) is 0 Å². The fraction of sp³-hybridized carbons (Fsp3) is 0. The molecule has 1 amide bonds. The summed E-state index contributed by atoms with van der Waals surface area (Å²) in [4.78, 5) is 31.9. The van der Waals surface area contributed by atoms with E-state index in [1.165, 1.54) is 0 Å². The molecule has 0 saturated heterocycles. The van der Waals surface area contributed by atoms with Crippen molar-refractivity contribution in [2.45, 2.75) is 0 Å². The van der Waals surface area contributed by atoms with Crippen molar-refractivity contribution in [3.8, 4) is 0 Å². The molecule has 0 spiro atoms. The molecule has 0 saturated carbocycles. The molecule has 0 radical (unpaired) electrons. The van der Waals surface area contributed by atoms with E-state index in [0.717, 1.165) is 18.2 Å². The van der Waals surface area contributed by atoms with Gasteiger partial charge in [0.2, 0.25) is 0 Å². The molecule has 1 N–H and O–H groups in total. The molecule has 0 aliphatic heterocycles. The number of non-ortho nitro benzene ring substituents is 2. The lowest BCUT2D eigenvalue weighted by Gasteiger charge is -2.05. The number of nitro benzene ring substituents is 2. The number of hydrogen-bond acceptors (Lipinski definition) is 5. The number of anilines is 1. The van der Waals surface area contributed by atoms with Gasteiger partial charge in [0.1, 0.15) is 0 Å². The van der Waals surface area contributed by atoms with Crippen molar-refractivity contribution < 1.29 is 14.6 Å². The van der Waals surface area contributed by atoms with Gasteiger partial charge < -0.3 is 5.32 Å². The SMILES string of the molecule is O=C(Nc1cc([N+](=O)[O-])cc([N+](=O)[O-])c1)c1ccccc1. The molecule has 21 heavy (non-hydrogen) atoms. The summed E-state index contributed by atoms with van der Waals surface area (Å²) in [5.41, 5.74) is -0.600. The van der Waals surface area contributed by atoms with E-state index in [1.807, 2.05) is 0 Å². The number of carbonyl (C=O) groups excluding carboxylic acids is 1. The molecule has 106 valence electrons. The number of carbonyl (C=O) groups is 1. The Bertz CT molecular complexity index is 683. The van der Waals surface area contributed by atoms with Gasteiger partial charge >= 0.3 is 0 Å².